The molecule has 0 saturated heterocycles. The summed E-state index contributed by atoms with van der Waals surface area (Å²) in [5.41, 5.74) is 0.985. The van der Waals surface area contributed by atoms with Crippen LogP contribution < -0.4 is 5.32 Å². The van der Waals surface area contributed by atoms with Gasteiger partial charge in [-0.25, -0.2) is 0 Å². The maximum Gasteiger partial charge on any atom is 0.0854 e. The molecule has 2 heterocycles. The number of ether oxygens (including phenoxy) is 1. The van der Waals surface area contributed by atoms with Crippen molar-refractivity contribution in [2.45, 2.75) is 12.6 Å². The lowest BCUT2D eigenvalue weighted by atomic mass is 10.1. The number of hydrogen-bond donors (Lipinski definition) is 1. The van der Waals surface area contributed by atoms with Gasteiger partial charge < -0.3 is 10.1 Å². The van der Waals surface area contributed by atoms with Gasteiger partial charge >= 0.3 is 0 Å². The highest BCUT2D eigenvalue weighted by Crippen LogP contribution is 2.30. The predicted octanol–water partition coefficient (Wildman–Crippen LogP) is 2.55. The highest BCUT2D eigenvalue weighted by atomic mass is 35.5. The fourth-order valence-corrected chi connectivity index (χ4v) is 2.97. The summed E-state index contributed by atoms with van der Waals surface area (Å²) < 4.78 is 6.99. The Hall–Kier alpha value is -0.880. The number of nitrogens with zero attached hydrogens (tertiary/aromatic N) is 2. The number of nitrogens with one attached hydrogen (secondary N) is 1. The van der Waals surface area contributed by atoms with E-state index in [1.165, 1.54) is 4.88 Å². The van der Waals surface area contributed by atoms with Crippen LogP contribution in [0, 0.1) is 0 Å². The third-order valence-electron chi connectivity index (χ3n) is 2.73. The smallest absolute Gasteiger partial charge is 0.0854 e. The average Bonchev–Trinajstić information content (AvgIpc) is 3.00. The first kappa shape index (κ1) is 13.5. The zero-order valence-electron chi connectivity index (χ0n) is 10.4. The summed E-state index contributed by atoms with van der Waals surface area (Å²) in [6.07, 6.45) is 1.69. The number of hydrogen-bond acceptors (Lipinski definition) is 4. The minimum absolute atomic E-state index is 0.0665. The molecule has 1 atom stereocenters. The zero-order valence-corrected chi connectivity index (χ0v) is 12.0. The Balaban J connectivity index is 2.32. The third-order valence-corrected chi connectivity index (χ3v) is 3.96. The molecule has 18 heavy (non-hydrogen) atoms. The Morgan fingerprint density at radius 1 is 1.61 bits per heavy atom. The van der Waals surface area contributed by atoms with Gasteiger partial charge in [0.25, 0.3) is 0 Å². The van der Waals surface area contributed by atoms with Crippen LogP contribution in [0.3, 0.4) is 0 Å². The minimum atomic E-state index is 0.0665. The Morgan fingerprint density at radius 2 is 2.44 bits per heavy atom. The molecule has 2 aromatic heterocycles. The summed E-state index contributed by atoms with van der Waals surface area (Å²) in [7, 11) is 3.61. The molecule has 0 aliphatic rings. The van der Waals surface area contributed by atoms with Crippen molar-refractivity contribution in [2.24, 2.45) is 0 Å². The Bertz CT molecular complexity index is 483. The van der Waals surface area contributed by atoms with E-state index in [0.717, 1.165) is 5.69 Å². The third kappa shape index (κ3) is 2.75. The molecular weight excluding hydrogens is 270 g/mol. The molecular formula is C12H16ClN3OS. The standard InChI is InChI=1S/C12H16ClN3OS/c1-14-11(10-4-3-7-18-10)12-9(13)8-15-16(12)5-6-17-2/h3-4,7-8,11,14H,5-6H2,1-2H3. The second-order valence-corrected chi connectivity index (χ2v) is 5.22. The maximum absolute atomic E-state index is 6.25. The molecule has 0 aromatic carbocycles. The first-order chi connectivity index (χ1) is 8.77. The van der Waals surface area contributed by atoms with Gasteiger partial charge in [0.15, 0.2) is 0 Å². The van der Waals surface area contributed by atoms with Gasteiger partial charge in [-0.2, -0.15) is 5.10 Å². The fourth-order valence-electron chi connectivity index (χ4n) is 1.88. The fraction of sp³-hybridized carbons (Fsp3) is 0.417. The molecule has 0 spiro atoms. The Labute approximate surface area is 116 Å². The molecule has 0 aliphatic carbocycles. The number of rotatable bonds is 6. The van der Waals surface area contributed by atoms with Gasteiger partial charge in [-0.1, -0.05) is 17.7 Å². The van der Waals surface area contributed by atoms with Gasteiger partial charge in [0.05, 0.1) is 36.1 Å². The molecule has 0 aliphatic heterocycles. The maximum atomic E-state index is 6.25. The van der Waals surface area contributed by atoms with Gasteiger partial charge in [0, 0.05) is 12.0 Å². The van der Waals surface area contributed by atoms with Gasteiger partial charge in [0.2, 0.25) is 0 Å². The molecule has 1 N–H and O–H groups in total. The first-order valence-corrected chi connectivity index (χ1v) is 6.94. The van der Waals surface area contributed by atoms with Gasteiger partial charge in [0.1, 0.15) is 0 Å². The van der Waals surface area contributed by atoms with Crippen molar-refractivity contribution in [1.29, 1.82) is 0 Å². The van der Waals surface area contributed by atoms with E-state index in [9.17, 15) is 0 Å². The summed E-state index contributed by atoms with van der Waals surface area (Å²) in [4.78, 5) is 1.22. The van der Waals surface area contributed by atoms with Crippen molar-refractivity contribution in [3.63, 3.8) is 0 Å². The predicted molar refractivity (Wildman–Crippen MR) is 74.3 cm³/mol. The second kappa shape index (κ2) is 6.33. The molecule has 0 fully saturated rings. The monoisotopic (exact) mass is 285 g/mol. The first-order valence-electron chi connectivity index (χ1n) is 5.68. The number of methoxy groups -OCH3 is 1. The van der Waals surface area contributed by atoms with E-state index in [4.69, 9.17) is 16.3 Å². The van der Waals surface area contributed by atoms with Crippen LogP contribution >= 0.6 is 22.9 Å². The van der Waals surface area contributed by atoms with E-state index in [-0.39, 0.29) is 6.04 Å². The van der Waals surface area contributed by atoms with Crippen LogP contribution in [-0.4, -0.2) is 30.5 Å². The second-order valence-electron chi connectivity index (χ2n) is 3.83. The van der Waals surface area contributed by atoms with Crippen LogP contribution in [0.15, 0.2) is 23.7 Å². The topological polar surface area (TPSA) is 39.1 Å². The number of halogens is 1. The van der Waals surface area contributed by atoms with Crippen molar-refractivity contribution in [1.82, 2.24) is 15.1 Å². The molecule has 2 aromatic rings. The van der Waals surface area contributed by atoms with E-state index < -0.39 is 0 Å². The SMILES string of the molecule is CNC(c1cccs1)c1c(Cl)cnn1CCOC. The highest BCUT2D eigenvalue weighted by Gasteiger charge is 2.21. The van der Waals surface area contributed by atoms with E-state index >= 15 is 0 Å². The molecule has 0 saturated carbocycles. The minimum Gasteiger partial charge on any atom is -0.383 e. The van der Waals surface area contributed by atoms with Gasteiger partial charge in [-0.05, 0) is 18.5 Å². The van der Waals surface area contributed by atoms with Crippen molar-refractivity contribution < 1.29 is 4.74 Å². The largest absolute Gasteiger partial charge is 0.383 e. The molecule has 0 bridgehead atoms. The average molecular weight is 286 g/mol. The Kier molecular flexibility index (Phi) is 4.77. The zero-order chi connectivity index (χ0) is 13.0. The van der Waals surface area contributed by atoms with Crippen LogP contribution in [0.4, 0.5) is 0 Å². The Morgan fingerprint density at radius 3 is 3.06 bits per heavy atom. The molecule has 6 heteroatoms. The van der Waals surface area contributed by atoms with Crippen LogP contribution in [-0.2, 0) is 11.3 Å². The summed E-state index contributed by atoms with van der Waals surface area (Å²) >= 11 is 7.96. The van der Waals surface area contributed by atoms with E-state index in [0.29, 0.717) is 18.2 Å². The number of thiophene rings is 1. The molecule has 0 amide bonds. The van der Waals surface area contributed by atoms with Crippen molar-refractivity contribution in [3.8, 4) is 0 Å². The van der Waals surface area contributed by atoms with Crippen molar-refractivity contribution >= 4 is 22.9 Å². The summed E-state index contributed by atoms with van der Waals surface area (Å²) in [6.45, 7) is 1.31. The number of aromatic nitrogens is 2. The molecule has 2 rings (SSSR count). The van der Waals surface area contributed by atoms with Crippen LogP contribution in [0.25, 0.3) is 0 Å². The normalized spacial score (nSPS) is 12.8. The van der Waals surface area contributed by atoms with Crippen LogP contribution in [0.2, 0.25) is 5.02 Å². The molecule has 0 radical (unpaired) electrons. The quantitative estimate of drug-likeness (QED) is 0.887. The summed E-state index contributed by atoms with van der Waals surface area (Å²) in [6, 6.07) is 4.20. The lowest BCUT2D eigenvalue weighted by Crippen LogP contribution is -2.22. The lowest BCUT2D eigenvalue weighted by Gasteiger charge is -2.17. The highest BCUT2D eigenvalue weighted by molar-refractivity contribution is 7.10. The summed E-state index contributed by atoms with van der Waals surface area (Å²) in [5.74, 6) is 0. The molecule has 1 unspecified atom stereocenters. The van der Waals surface area contributed by atoms with Crippen molar-refractivity contribution in [3.05, 3.63) is 39.3 Å². The van der Waals surface area contributed by atoms with Gasteiger partial charge in [-0.15, -0.1) is 11.3 Å². The van der Waals surface area contributed by atoms with E-state index in [1.807, 2.05) is 17.8 Å². The van der Waals surface area contributed by atoms with Crippen LogP contribution in [0.1, 0.15) is 16.6 Å². The molecule has 4 nitrogen and oxygen atoms in total. The van der Waals surface area contributed by atoms with E-state index in [1.54, 1.807) is 24.6 Å². The lowest BCUT2D eigenvalue weighted by molar-refractivity contribution is 0.182. The van der Waals surface area contributed by atoms with Gasteiger partial charge in [-0.3, -0.25) is 4.68 Å². The summed E-state index contributed by atoms with van der Waals surface area (Å²) in [5, 5.41) is 10.3. The van der Waals surface area contributed by atoms with Crippen LogP contribution in [0.5, 0.6) is 0 Å². The van der Waals surface area contributed by atoms with Crippen molar-refractivity contribution in [2.75, 3.05) is 20.8 Å². The molecule has 98 valence electrons. The van der Waals surface area contributed by atoms with E-state index in [2.05, 4.69) is 21.9 Å².